The van der Waals surface area contributed by atoms with Gasteiger partial charge in [0, 0.05) is 18.5 Å². The number of carbonyl (C=O) groups is 1. The summed E-state index contributed by atoms with van der Waals surface area (Å²) < 4.78 is 5.79. The third-order valence-corrected chi connectivity index (χ3v) is 5.65. The highest BCUT2D eigenvalue weighted by molar-refractivity contribution is 5.79. The van der Waals surface area contributed by atoms with Gasteiger partial charge in [-0.25, -0.2) is 4.79 Å². The summed E-state index contributed by atoms with van der Waals surface area (Å²) in [4.78, 5) is 14.6. The van der Waals surface area contributed by atoms with E-state index in [0.717, 1.165) is 32.2 Å². The lowest BCUT2D eigenvalue weighted by molar-refractivity contribution is 0.0945. The van der Waals surface area contributed by atoms with Crippen molar-refractivity contribution in [3.05, 3.63) is 72.3 Å². The minimum absolute atomic E-state index is 0.126. The second kappa shape index (κ2) is 7.36. The molecule has 134 valence electrons. The molecule has 2 aromatic rings. The molecule has 0 saturated carbocycles. The molecule has 1 heterocycles. The number of fused-ring (bicyclic) bond motifs is 3. The summed E-state index contributed by atoms with van der Waals surface area (Å²) in [5.74, 6) is 0.126. The molecule has 0 spiro atoms. The Kier molecular flexibility index (Phi) is 4.79. The van der Waals surface area contributed by atoms with E-state index >= 15 is 0 Å². The topological polar surface area (TPSA) is 29.5 Å². The number of allylic oxidation sites excluding steroid dienone is 1. The number of amides is 1. The molecule has 2 aromatic carbocycles. The van der Waals surface area contributed by atoms with Crippen LogP contribution >= 0.6 is 0 Å². The van der Waals surface area contributed by atoms with E-state index in [1.807, 2.05) is 11.0 Å². The van der Waals surface area contributed by atoms with Crippen LogP contribution in [0.4, 0.5) is 4.79 Å². The lowest BCUT2D eigenvalue weighted by Crippen LogP contribution is -2.36. The summed E-state index contributed by atoms with van der Waals surface area (Å²) in [5.41, 5.74) is 5.03. The summed E-state index contributed by atoms with van der Waals surface area (Å²) in [6, 6.07) is 17.2. The van der Waals surface area contributed by atoms with Gasteiger partial charge in [0.05, 0.1) is 0 Å². The molecule has 3 nitrogen and oxygen atoms in total. The lowest BCUT2D eigenvalue weighted by Gasteiger charge is -2.25. The van der Waals surface area contributed by atoms with Gasteiger partial charge in [0.15, 0.2) is 0 Å². The second-order valence-electron chi connectivity index (χ2n) is 7.16. The first-order chi connectivity index (χ1) is 12.8. The molecular formula is C23H25NO2. The van der Waals surface area contributed by atoms with Crippen LogP contribution in [-0.4, -0.2) is 30.2 Å². The van der Waals surface area contributed by atoms with Crippen molar-refractivity contribution in [2.24, 2.45) is 0 Å². The number of hydrogen-bond acceptors (Lipinski definition) is 2. The molecule has 1 saturated heterocycles. The minimum Gasteiger partial charge on any atom is -0.448 e. The number of nitrogens with zero attached hydrogens (tertiary/aromatic N) is 1. The van der Waals surface area contributed by atoms with Gasteiger partial charge in [0.25, 0.3) is 0 Å². The highest BCUT2D eigenvalue weighted by Gasteiger charge is 2.32. The molecule has 1 fully saturated rings. The molecule has 1 aliphatic heterocycles. The zero-order valence-electron chi connectivity index (χ0n) is 15.1. The Balaban J connectivity index is 1.48. The number of rotatable bonds is 5. The van der Waals surface area contributed by atoms with E-state index in [1.54, 1.807) is 0 Å². The number of ether oxygens (including phenoxy) is 1. The zero-order valence-corrected chi connectivity index (χ0v) is 15.1. The van der Waals surface area contributed by atoms with Gasteiger partial charge in [-0.05, 0) is 47.9 Å². The molecule has 3 heteroatoms. The Morgan fingerprint density at radius 3 is 2.42 bits per heavy atom. The summed E-state index contributed by atoms with van der Waals surface area (Å²) in [6.07, 6.45) is 5.81. The Bertz CT molecular complexity index is 768. The molecule has 1 amide bonds. The van der Waals surface area contributed by atoms with Gasteiger partial charge in [-0.15, -0.1) is 6.58 Å². The fraction of sp³-hybridized carbons (Fsp3) is 0.348. The zero-order chi connectivity index (χ0) is 17.9. The van der Waals surface area contributed by atoms with Crippen molar-refractivity contribution in [1.82, 2.24) is 4.90 Å². The standard InChI is InChI=1S/C23H25NO2/c1-2-3-9-17-10-8-15-24(17)23(25)26-16-22-20-13-6-4-11-18(20)19-12-5-7-14-21(19)22/h2,4-7,11-14,17,22H,1,3,8-10,15-16H2. The van der Waals surface area contributed by atoms with Gasteiger partial charge >= 0.3 is 6.09 Å². The average Bonchev–Trinajstić information content (AvgIpc) is 3.27. The second-order valence-corrected chi connectivity index (χ2v) is 7.16. The first-order valence-corrected chi connectivity index (χ1v) is 9.52. The predicted molar refractivity (Wildman–Crippen MR) is 104 cm³/mol. The van der Waals surface area contributed by atoms with E-state index in [2.05, 4.69) is 55.1 Å². The predicted octanol–water partition coefficient (Wildman–Crippen LogP) is 5.37. The van der Waals surface area contributed by atoms with Crippen molar-refractivity contribution < 1.29 is 9.53 Å². The largest absolute Gasteiger partial charge is 0.448 e. The number of likely N-dealkylation sites (tertiary alicyclic amines) is 1. The van der Waals surface area contributed by atoms with Crippen LogP contribution in [0.3, 0.4) is 0 Å². The van der Waals surface area contributed by atoms with Crippen molar-refractivity contribution in [2.75, 3.05) is 13.2 Å². The summed E-state index contributed by atoms with van der Waals surface area (Å²) >= 11 is 0. The van der Waals surface area contributed by atoms with Gasteiger partial charge < -0.3 is 9.64 Å². The van der Waals surface area contributed by atoms with E-state index in [-0.39, 0.29) is 12.0 Å². The van der Waals surface area contributed by atoms with Crippen molar-refractivity contribution >= 4 is 6.09 Å². The summed E-state index contributed by atoms with van der Waals surface area (Å²) in [5, 5.41) is 0. The third-order valence-electron chi connectivity index (χ3n) is 5.65. The van der Waals surface area contributed by atoms with Crippen LogP contribution < -0.4 is 0 Å². The van der Waals surface area contributed by atoms with Crippen LogP contribution in [0.1, 0.15) is 42.7 Å². The summed E-state index contributed by atoms with van der Waals surface area (Å²) in [7, 11) is 0. The van der Waals surface area contributed by atoms with E-state index in [0.29, 0.717) is 12.6 Å². The number of benzene rings is 2. The van der Waals surface area contributed by atoms with Crippen molar-refractivity contribution in [3.63, 3.8) is 0 Å². The van der Waals surface area contributed by atoms with Crippen LogP contribution in [0.5, 0.6) is 0 Å². The molecule has 1 aliphatic carbocycles. The summed E-state index contributed by atoms with van der Waals surface area (Å²) in [6.45, 7) is 4.99. The van der Waals surface area contributed by atoms with Crippen LogP contribution in [0.2, 0.25) is 0 Å². The molecular weight excluding hydrogens is 322 g/mol. The quantitative estimate of drug-likeness (QED) is 0.681. The van der Waals surface area contributed by atoms with E-state index < -0.39 is 0 Å². The monoisotopic (exact) mass is 347 g/mol. The van der Waals surface area contributed by atoms with Crippen LogP contribution in [0, 0.1) is 0 Å². The normalized spacial score (nSPS) is 18.5. The molecule has 1 unspecified atom stereocenters. The van der Waals surface area contributed by atoms with Crippen molar-refractivity contribution in [3.8, 4) is 11.1 Å². The fourth-order valence-corrected chi connectivity index (χ4v) is 4.36. The van der Waals surface area contributed by atoms with Gasteiger partial charge in [0.2, 0.25) is 0 Å². The first kappa shape index (κ1) is 16.9. The number of carbonyl (C=O) groups excluding carboxylic acids is 1. The van der Waals surface area contributed by atoms with Crippen molar-refractivity contribution in [2.45, 2.75) is 37.6 Å². The maximum Gasteiger partial charge on any atom is 0.410 e. The SMILES string of the molecule is C=CCCC1CCCN1C(=O)OCC1c2ccccc2-c2ccccc21. The molecule has 0 bridgehead atoms. The van der Waals surface area contributed by atoms with Gasteiger partial charge in [-0.3, -0.25) is 0 Å². The molecule has 0 aromatic heterocycles. The van der Waals surface area contributed by atoms with Crippen LogP contribution in [-0.2, 0) is 4.74 Å². The smallest absolute Gasteiger partial charge is 0.410 e. The molecule has 2 aliphatic rings. The highest BCUT2D eigenvalue weighted by Crippen LogP contribution is 2.44. The highest BCUT2D eigenvalue weighted by atomic mass is 16.6. The van der Waals surface area contributed by atoms with Gasteiger partial charge in [-0.2, -0.15) is 0 Å². The molecule has 0 N–H and O–H groups in total. The first-order valence-electron chi connectivity index (χ1n) is 9.52. The molecule has 0 radical (unpaired) electrons. The van der Waals surface area contributed by atoms with E-state index in [9.17, 15) is 4.79 Å². The Labute approximate surface area is 155 Å². The molecule has 26 heavy (non-hydrogen) atoms. The number of hydrogen-bond donors (Lipinski definition) is 0. The Morgan fingerprint density at radius 2 is 1.77 bits per heavy atom. The third kappa shape index (κ3) is 3.03. The Morgan fingerprint density at radius 1 is 1.12 bits per heavy atom. The van der Waals surface area contributed by atoms with Crippen molar-refractivity contribution in [1.29, 1.82) is 0 Å². The van der Waals surface area contributed by atoms with E-state index in [4.69, 9.17) is 4.74 Å². The van der Waals surface area contributed by atoms with Crippen LogP contribution in [0.15, 0.2) is 61.2 Å². The fourth-order valence-electron chi connectivity index (χ4n) is 4.36. The maximum absolute atomic E-state index is 12.7. The van der Waals surface area contributed by atoms with Gasteiger partial charge in [-0.1, -0.05) is 54.6 Å². The molecule has 4 rings (SSSR count). The van der Waals surface area contributed by atoms with Gasteiger partial charge in [0.1, 0.15) is 6.61 Å². The minimum atomic E-state index is -0.168. The molecule has 1 atom stereocenters. The average molecular weight is 347 g/mol. The lowest BCUT2D eigenvalue weighted by atomic mass is 9.98. The maximum atomic E-state index is 12.7. The van der Waals surface area contributed by atoms with Crippen LogP contribution in [0.25, 0.3) is 11.1 Å². The van der Waals surface area contributed by atoms with E-state index in [1.165, 1.54) is 22.3 Å². The Hall–Kier alpha value is -2.55.